The summed E-state index contributed by atoms with van der Waals surface area (Å²) in [6.07, 6.45) is 0. The molecule has 0 fully saturated rings. The number of hydrogen-bond acceptors (Lipinski definition) is 2. The Labute approximate surface area is 327 Å². The molecule has 0 heterocycles. The summed E-state index contributed by atoms with van der Waals surface area (Å²) >= 11 is 0. The summed E-state index contributed by atoms with van der Waals surface area (Å²) in [5.41, 5.74) is 11.5. The van der Waals surface area contributed by atoms with Crippen molar-refractivity contribution >= 4 is 66.4 Å². The summed E-state index contributed by atoms with van der Waals surface area (Å²) in [4.78, 5) is 4.81. The molecule has 0 bridgehead atoms. The molecule has 0 unspecified atom stereocenters. The second-order valence-corrected chi connectivity index (χ2v) is 14.1. The molecule has 264 valence electrons. The van der Waals surface area contributed by atoms with Crippen molar-refractivity contribution in [3.63, 3.8) is 0 Å². The Bertz CT molecular complexity index is 2960. The quantitative estimate of drug-likeness (QED) is 0.145. The Kier molecular flexibility index (Phi) is 8.55. The van der Waals surface area contributed by atoms with E-state index in [0.29, 0.717) is 0 Å². The monoisotopic (exact) mass is 714 g/mol. The predicted octanol–water partition coefficient (Wildman–Crippen LogP) is 15.4. The fraction of sp³-hybridized carbons (Fsp3) is 0. The lowest BCUT2D eigenvalue weighted by Gasteiger charge is -2.29. The maximum Gasteiger partial charge on any atom is 0.0546 e. The first-order valence-corrected chi connectivity index (χ1v) is 19.2. The standard InChI is InChI=1S/C54H38N2/c1-5-18-39(19-6-1)47-27-13-15-29-51(47)55(43-23-9-3-10-24-43)45-34-37-46-42(38-45)33-36-50-49(46)35-32-41-22-17-31-53(54(41)50)56(44-25-11-4-12-26-44)52-30-16-14-28-48(52)40-20-7-2-8-21-40/h1-38H. The molecular formula is C54H38N2. The van der Waals surface area contributed by atoms with Gasteiger partial charge in [0.2, 0.25) is 0 Å². The van der Waals surface area contributed by atoms with Crippen LogP contribution < -0.4 is 9.80 Å². The van der Waals surface area contributed by atoms with Gasteiger partial charge in [0.15, 0.2) is 0 Å². The van der Waals surface area contributed by atoms with Crippen molar-refractivity contribution in [2.75, 3.05) is 9.80 Å². The van der Waals surface area contributed by atoms with Gasteiger partial charge in [-0.15, -0.1) is 0 Å². The van der Waals surface area contributed by atoms with Crippen molar-refractivity contribution < 1.29 is 0 Å². The predicted molar refractivity (Wildman–Crippen MR) is 239 cm³/mol. The van der Waals surface area contributed by atoms with Crippen LogP contribution in [0.4, 0.5) is 34.1 Å². The van der Waals surface area contributed by atoms with E-state index in [-0.39, 0.29) is 0 Å². The van der Waals surface area contributed by atoms with Gasteiger partial charge in [0, 0.05) is 33.6 Å². The molecule has 0 amide bonds. The Morgan fingerprint density at radius 3 is 1.34 bits per heavy atom. The van der Waals surface area contributed by atoms with Gasteiger partial charge < -0.3 is 9.80 Å². The highest BCUT2D eigenvalue weighted by atomic mass is 15.2. The second-order valence-electron chi connectivity index (χ2n) is 14.1. The van der Waals surface area contributed by atoms with Crippen LogP contribution in [0.25, 0.3) is 54.6 Å². The topological polar surface area (TPSA) is 6.48 Å². The first kappa shape index (κ1) is 33.2. The molecule has 0 saturated carbocycles. The smallest absolute Gasteiger partial charge is 0.0546 e. The van der Waals surface area contributed by atoms with E-state index in [1.807, 2.05) is 0 Å². The number of para-hydroxylation sites is 4. The fourth-order valence-corrected chi connectivity index (χ4v) is 8.28. The average Bonchev–Trinajstić information content (AvgIpc) is 3.28. The molecule has 0 aliphatic rings. The Morgan fingerprint density at radius 2 is 0.714 bits per heavy atom. The van der Waals surface area contributed by atoms with Crippen molar-refractivity contribution in [1.29, 1.82) is 0 Å². The second kappa shape index (κ2) is 14.4. The van der Waals surface area contributed by atoms with Crippen LogP contribution in [0.3, 0.4) is 0 Å². The van der Waals surface area contributed by atoms with Crippen LogP contribution in [0.1, 0.15) is 0 Å². The van der Waals surface area contributed by atoms with E-state index < -0.39 is 0 Å². The van der Waals surface area contributed by atoms with Gasteiger partial charge in [-0.3, -0.25) is 0 Å². The van der Waals surface area contributed by atoms with Crippen molar-refractivity contribution in [2.24, 2.45) is 0 Å². The molecule has 0 saturated heterocycles. The van der Waals surface area contributed by atoms with Gasteiger partial charge >= 0.3 is 0 Å². The molecule has 0 spiro atoms. The maximum atomic E-state index is 2.43. The molecule has 56 heavy (non-hydrogen) atoms. The van der Waals surface area contributed by atoms with Crippen LogP contribution in [0.15, 0.2) is 231 Å². The minimum Gasteiger partial charge on any atom is -0.310 e. The number of nitrogens with zero attached hydrogens (tertiary/aromatic N) is 2. The molecule has 0 aromatic heterocycles. The summed E-state index contributed by atoms with van der Waals surface area (Å²) in [7, 11) is 0. The summed E-state index contributed by atoms with van der Waals surface area (Å²) in [6.45, 7) is 0. The zero-order chi connectivity index (χ0) is 37.3. The van der Waals surface area contributed by atoms with E-state index >= 15 is 0 Å². The van der Waals surface area contributed by atoms with Crippen molar-refractivity contribution in [1.82, 2.24) is 0 Å². The van der Waals surface area contributed by atoms with Gasteiger partial charge in [0.05, 0.1) is 17.1 Å². The van der Waals surface area contributed by atoms with Gasteiger partial charge in [-0.05, 0) is 92.7 Å². The van der Waals surface area contributed by atoms with Gasteiger partial charge in [0.1, 0.15) is 0 Å². The van der Waals surface area contributed by atoms with Crippen molar-refractivity contribution in [2.45, 2.75) is 0 Å². The number of rotatable bonds is 8. The molecule has 10 rings (SSSR count). The third-order valence-electron chi connectivity index (χ3n) is 10.8. The normalized spacial score (nSPS) is 11.2. The molecule has 10 aromatic rings. The van der Waals surface area contributed by atoms with E-state index in [4.69, 9.17) is 0 Å². The fourth-order valence-electron chi connectivity index (χ4n) is 8.28. The summed E-state index contributed by atoms with van der Waals surface area (Å²) in [5, 5.41) is 7.31. The molecular weight excluding hydrogens is 677 g/mol. The molecule has 0 radical (unpaired) electrons. The lowest BCUT2D eigenvalue weighted by atomic mass is 9.94. The van der Waals surface area contributed by atoms with Gasteiger partial charge in [-0.2, -0.15) is 0 Å². The number of anilines is 6. The lowest BCUT2D eigenvalue weighted by molar-refractivity contribution is 1.29. The molecule has 0 N–H and O–H groups in total. The highest BCUT2D eigenvalue weighted by Crippen LogP contribution is 2.47. The van der Waals surface area contributed by atoms with Crippen LogP contribution in [0.5, 0.6) is 0 Å². The van der Waals surface area contributed by atoms with E-state index in [1.165, 1.54) is 54.6 Å². The molecule has 2 nitrogen and oxygen atoms in total. The summed E-state index contributed by atoms with van der Waals surface area (Å²) in [6, 6.07) is 83.0. The molecule has 0 atom stereocenters. The molecule has 0 aliphatic carbocycles. The third-order valence-corrected chi connectivity index (χ3v) is 10.8. The Balaban J connectivity index is 1.17. The minimum absolute atomic E-state index is 1.11. The SMILES string of the molecule is c1ccc(-c2ccccc2N(c2ccccc2)c2ccc3c(ccc4c3ccc3cccc(N(c5ccccc5)c5ccccc5-c5ccccc5)c34)c2)cc1. The highest BCUT2D eigenvalue weighted by Gasteiger charge is 2.21. The Morgan fingerprint density at radius 1 is 0.250 bits per heavy atom. The molecule has 0 aliphatic heterocycles. The molecule has 10 aromatic carbocycles. The highest BCUT2D eigenvalue weighted by molar-refractivity contribution is 6.22. The van der Waals surface area contributed by atoms with E-state index in [0.717, 1.165) is 34.1 Å². The lowest BCUT2D eigenvalue weighted by Crippen LogP contribution is -2.11. The van der Waals surface area contributed by atoms with Crippen molar-refractivity contribution in [3.05, 3.63) is 231 Å². The largest absolute Gasteiger partial charge is 0.310 e. The summed E-state index contributed by atoms with van der Waals surface area (Å²) < 4.78 is 0. The van der Waals surface area contributed by atoms with Crippen LogP contribution in [0, 0.1) is 0 Å². The summed E-state index contributed by atoms with van der Waals surface area (Å²) in [5.74, 6) is 0. The van der Waals surface area contributed by atoms with Gasteiger partial charge in [0.25, 0.3) is 0 Å². The third kappa shape index (κ3) is 5.95. The Hall–Kier alpha value is -7.42. The van der Waals surface area contributed by atoms with Crippen molar-refractivity contribution in [3.8, 4) is 22.3 Å². The van der Waals surface area contributed by atoms with E-state index in [2.05, 4.69) is 240 Å². The van der Waals surface area contributed by atoms with Crippen LogP contribution in [-0.2, 0) is 0 Å². The minimum atomic E-state index is 1.11. The number of benzene rings is 10. The first-order chi connectivity index (χ1) is 27.8. The van der Waals surface area contributed by atoms with Crippen LogP contribution >= 0.6 is 0 Å². The number of fused-ring (bicyclic) bond motifs is 5. The maximum absolute atomic E-state index is 2.43. The first-order valence-electron chi connectivity index (χ1n) is 19.2. The van der Waals surface area contributed by atoms with Gasteiger partial charge in [-0.25, -0.2) is 0 Å². The van der Waals surface area contributed by atoms with Crippen LogP contribution in [0.2, 0.25) is 0 Å². The van der Waals surface area contributed by atoms with E-state index in [9.17, 15) is 0 Å². The number of hydrogen-bond donors (Lipinski definition) is 0. The molecule has 2 heteroatoms. The van der Waals surface area contributed by atoms with E-state index in [1.54, 1.807) is 0 Å². The average molecular weight is 715 g/mol. The zero-order valence-electron chi connectivity index (χ0n) is 30.8. The zero-order valence-corrected chi connectivity index (χ0v) is 30.8. The van der Waals surface area contributed by atoms with Gasteiger partial charge in [-0.1, -0.05) is 176 Å². The van der Waals surface area contributed by atoms with Crippen LogP contribution in [-0.4, -0.2) is 0 Å².